The van der Waals surface area contributed by atoms with Crippen LogP contribution in [0.3, 0.4) is 0 Å². The van der Waals surface area contributed by atoms with Crippen molar-refractivity contribution in [3.63, 3.8) is 0 Å². The van der Waals surface area contributed by atoms with Gasteiger partial charge in [-0.05, 0) is 42.5 Å². The second-order valence-electron chi connectivity index (χ2n) is 9.17. The number of halogens is 2. The van der Waals surface area contributed by atoms with Crippen molar-refractivity contribution in [3.8, 4) is 28.3 Å². The van der Waals surface area contributed by atoms with E-state index in [-0.39, 0.29) is 13.0 Å². The smallest absolute Gasteiger partial charge is 0.165 e. The first-order chi connectivity index (χ1) is 17.1. The van der Waals surface area contributed by atoms with Crippen LogP contribution in [0.1, 0.15) is 70.8 Å². The van der Waals surface area contributed by atoms with Crippen molar-refractivity contribution >= 4 is 0 Å². The number of rotatable bonds is 15. The first-order valence-electron chi connectivity index (χ1n) is 13.0. The van der Waals surface area contributed by atoms with Gasteiger partial charge in [0.1, 0.15) is 18.5 Å². The van der Waals surface area contributed by atoms with Crippen LogP contribution in [0.2, 0.25) is 0 Å². The molecule has 0 spiro atoms. The molecule has 2 aromatic carbocycles. The molecular formula is C30H38F2N2O. The van der Waals surface area contributed by atoms with Gasteiger partial charge in [-0.3, -0.25) is 0 Å². The normalized spacial score (nSPS) is 12.9. The van der Waals surface area contributed by atoms with Gasteiger partial charge in [-0.15, -0.1) is 0 Å². The Hall–Kier alpha value is -2.82. The van der Waals surface area contributed by atoms with Gasteiger partial charge in [-0.25, -0.2) is 18.7 Å². The molecule has 3 rings (SSSR count). The summed E-state index contributed by atoms with van der Waals surface area (Å²) in [5, 5.41) is 0. The van der Waals surface area contributed by atoms with Crippen molar-refractivity contribution < 1.29 is 13.5 Å². The predicted octanol–water partition coefficient (Wildman–Crippen LogP) is 8.57. The highest BCUT2D eigenvalue weighted by Gasteiger charge is 2.20. The Labute approximate surface area is 209 Å². The fourth-order valence-electron chi connectivity index (χ4n) is 4.04. The first kappa shape index (κ1) is 26.8. The lowest BCUT2D eigenvalue weighted by molar-refractivity contribution is 0.103. The molecule has 0 amide bonds. The summed E-state index contributed by atoms with van der Waals surface area (Å²) >= 11 is 0. The lowest BCUT2D eigenvalue weighted by Gasteiger charge is -2.14. The number of ether oxygens (including phenoxy) is 1. The Morgan fingerprint density at radius 2 is 1.31 bits per heavy atom. The predicted molar refractivity (Wildman–Crippen MR) is 140 cm³/mol. The molecule has 0 fully saturated rings. The van der Waals surface area contributed by atoms with Crippen LogP contribution >= 0.6 is 0 Å². The molecule has 0 bridgehead atoms. The average Bonchev–Trinajstić information content (AvgIpc) is 2.90. The van der Waals surface area contributed by atoms with E-state index < -0.39 is 12.3 Å². The third-order valence-electron chi connectivity index (χ3n) is 6.24. The molecule has 2 atom stereocenters. The SMILES string of the molecule is CCCCCCCCc1ccc(-c2ncc(-c3ccc(OC[C@@H](F)[C@H](F)CCC)cc3)cn2)cc1. The van der Waals surface area contributed by atoms with Crippen LogP contribution in [-0.4, -0.2) is 28.9 Å². The largest absolute Gasteiger partial charge is 0.490 e. The molecule has 0 radical (unpaired) electrons. The molecular weight excluding hydrogens is 442 g/mol. The van der Waals surface area contributed by atoms with Crippen molar-refractivity contribution in [3.05, 3.63) is 66.5 Å². The van der Waals surface area contributed by atoms with Crippen molar-refractivity contribution in [2.24, 2.45) is 0 Å². The van der Waals surface area contributed by atoms with E-state index in [0.29, 0.717) is 18.0 Å². The molecule has 0 saturated heterocycles. The van der Waals surface area contributed by atoms with Gasteiger partial charge in [0.2, 0.25) is 0 Å². The number of hydrogen-bond donors (Lipinski definition) is 0. The molecule has 188 valence electrons. The van der Waals surface area contributed by atoms with E-state index in [2.05, 4.69) is 41.2 Å². The fourth-order valence-corrected chi connectivity index (χ4v) is 4.04. The Morgan fingerprint density at radius 1 is 0.686 bits per heavy atom. The molecule has 5 heteroatoms. The minimum atomic E-state index is -1.61. The lowest BCUT2D eigenvalue weighted by Crippen LogP contribution is -2.24. The topological polar surface area (TPSA) is 35.0 Å². The van der Waals surface area contributed by atoms with Crippen LogP contribution < -0.4 is 4.74 Å². The molecule has 3 aromatic rings. The zero-order valence-corrected chi connectivity index (χ0v) is 21.1. The second kappa shape index (κ2) is 14.6. The molecule has 0 aliphatic carbocycles. The molecule has 0 aliphatic heterocycles. The summed E-state index contributed by atoms with van der Waals surface area (Å²) < 4.78 is 32.8. The second-order valence-corrected chi connectivity index (χ2v) is 9.17. The summed E-state index contributed by atoms with van der Waals surface area (Å²) in [6, 6.07) is 15.8. The molecule has 3 nitrogen and oxygen atoms in total. The molecule has 0 N–H and O–H groups in total. The maximum atomic E-state index is 13.8. The third-order valence-corrected chi connectivity index (χ3v) is 6.24. The maximum Gasteiger partial charge on any atom is 0.165 e. The van der Waals surface area contributed by atoms with Crippen LogP contribution in [0.5, 0.6) is 5.75 Å². The first-order valence-corrected chi connectivity index (χ1v) is 13.0. The van der Waals surface area contributed by atoms with Gasteiger partial charge in [-0.2, -0.15) is 0 Å². The van der Waals surface area contributed by atoms with E-state index in [0.717, 1.165) is 23.1 Å². The minimum absolute atomic E-state index is 0.211. The van der Waals surface area contributed by atoms with Crippen LogP contribution in [0.4, 0.5) is 8.78 Å². The summed E-state index contributed by atoms with van der Waals surface area (Å²) in [4.78, 5) is 9.09. The quantitative estimate of drug-likeness (QED) is 0.204. The summed E-state index contributed by atoms with van der Waals surface area (Å²) in [6.45, 7) is 3.80. The highest BCUT2D eigenvalue weighted by molar-refractivity contribution is 5.64. The van der Waals surface area contributed by atoms with Gasteiger partial charge < -0.3 is 4.74 Å². The van der Waals surface area contributed by atoms with E-state index >= 15 is 0 Å². The Balaban J connectivity index is 1.50. The van der Waals surface area contributed by atoms with Gasteiger partial charge in [-0.1, -0.05) is 88.8 Å². The van der Waals surface area contributed by atoms with Crippen LogP contribution in [0.25, 0.3) is 22.5 Å². The number of unbranched alkanes of at least 4 members (excludes halogenated alkanes) is 5. The van der Waals surface area contributed by atoms with Gasteiger partial charge in [0.05, 0.1) is 0 Å². The van der Waals surface area contributed by atoms with Crippen LogP contribution in [0.15, 0.2) is 60.9 Å². The number of benzene rings is 2. The van der Waals surface area contributed by atoms with E-state index in [1.165, 1.54) is 44.1 Å². The van der Waals surface area contributed by atoms with Gasteiger partial charge >= 0.3 is 0 Å². The molecule has 35 heavy (non-hydrogen) atoms. The van der Waals surface area contributed by atoms with Crippen molar-refractivity contribution in [1.29, 1.82) is 0 Å². The highest BCUT2D eigenvalue weighted by atomic mass is 19.2. The molecule has 0 aliphatic rings. The summed E-state index contributed by atoms with van der Waals surface area (Å²) in [7, 11) is 0. The number of aryl methyl sites for hydroxylation is 1. The lowest BCUT2D eigenvalue weighted by atomic mass is 10.0. The van der Waals surface area contributed by atoms with Crippen molar-refractivity contribution in [2.45, 2.75) is 84.0 Å². The average molecular weight is 481 g/mol. The van der Waals surface area contributed by atoms with Crippen LogP contribution in [0, 0.1) is 0 Å². The molecule has 0 saturated carbocycles. The Morgan fingerprint density at radius 3 is 1.97 bits per heavy atom. The zero-order chi connectivity index (χ0) is 24.9. The zero-order valence-electron chi connectivity index (χ0n) is 21.1. The standard InChI is InChI=1S/C30H38F2N2O/c1-3-5-6-7-8-9-11-23-12-14-25(15-13-23)30-33-20-26(21-34-30)24-16-18-27(19-17-24)35-22-29(32)28(31)10-4-2/h12-21,28-29H,3-11,22H2,1-2H3/t28-,29-/m1/s1. The number of aromatic nitrogens is 2. The Kier molecular flexibility index (Phi) is 11.1. The van der Waals surface area contributed by atoms with E-state index in [9.17, 15) is 8.78 Å². The minimum Gasteiger partial charge on any atom is -0.490 e. The van der Waals surface area contributed by atoms with E-state index in [1.807, 2.05) is 19.1 Å². The molecule has 1 heterocycles. The summed E-state index contributed by atoms with van der Waals surface area (Å²) in [5.41, 5.74) is 4.18. The van der Waals surface area contributed by atoms with Crippen LogP contribution in [-0.2, 0) is 6.42 Å². The highest BCUT2D eigenvalue weighted by Crippen LogP contribution is 2.24. The van der Waals surface area contributed by atoms with Gasteiger partial charge in [0.15, 0.2) is 12.0 Å². The maximum absolute atomic E-state index is 13.8. The summed E-state index contributed by atoms with van der Waals surface area (Å²) in [5.74, 6) is 1.21. The van der Waals surface area contributed by atoms with Crippen molar-refractivity contribution in [2.75, 3.05) is 6.61 Å². The molecule has 1 aromatic heterocycles. The fraction of sp³-hybridized carbons (Fsp3) is 0.467. The number of alkyl halides is 2. The van der Waals surface area contributed by atoms with Crippen molar-refractivity contribution in [1.82, 2.24) is 9.97 Å². The third kappa shape index (κ3) is 8.72. The number of nitrogens with zero attached hydrogens (tertiary/aromatic N) is 2. The molecule has 0 unspecified atom stereocenters. The van der Waals surface area contributed by atoms with E-state index in [4.69, 9.17) is 4.74 Å². The van der Waals surface area contributed by atoms with E-state index in [1.54, 1.807) is 24.5 Å². The number of hydrogen-bond acceptors (Lipinski definition) is 3. The van der Waals surface area contributed by atoms with Gasteiger partial charge in [0, 0.05) is 23.5 Å². The van der Waals surface area contributed by atoms with Gasteiger partial charge in [0.25, 0.3) is 0 Å². The summed E-state index contributed by atoms with van der Waals surface area (Å²) in [6.07, 6.45) is 10.3. The monoisotopic (exact) mass is 480 g/mol. The Bertz CT molecular complexity index is 975.